The molecule has 138 valence electrons. The summed E-state index contributed by atoms with van der Waals surface area (Å²) in [7, 11) is 0. The van der Waals surface area contributed by atoms with E-state index in [1.54, 1.807) is 6.92 Å². The number of hydrogen-bond donors (Lipinski definition) is 1. The molecular weight excluding hydrogens is 332 g/mol. The van der Waals surface area contributed by atoms with Crippen LogP contribution >= 0.6 is 0 Å². The Morgan fingerprint density at radius 2 is 1.88 bits per heavy atom. The maximum absolute atomic E-state index is 12.9. The number of imide groups is 1. The molecular formula is C20H24N2O4. The van der Waals surface area contributed by atoms with Gasteiger partial charge in [0.25, 0.3) is 5.91 Å². The summed E-state index contributed by atoms with van der Waals surface area (Å²) in [6.45, 7) is 9.64. The first-order chi connectivity index (χ1) is 12.1. The molecule has 2 aromatic rings. The Morgan fingerprint density at radius 3 is 2.54 bits per heavy atom. The second kappa shape index (κ2) is 6.27. The molecule has 1 aliphatic heterocycles. The second-order valence-electron chi connectivity index (χ2n) is 7.73. The average molecular weight is 356 g/mol. The third kappa shape index (κ3) is 3.00. The van der Waals surface area contributed by atoms with E-state index < -0.39 is 17.2 Å². The van der Waals surface area contributed by atoms with Gasteiger partial charge in [-0.25, -0.2) is 9.59 Å². The third-order valence-electron chi connectivity index (χ3n) is 5.01. The lowest BCUT2D eigenvalue weighted by atomic mass is 9.91. The zero-order valence-corrected chi connectivity index (χ0v) is 15.8. The van der Waals surface area contributed by atoms with Crippen LogP contribution in [0.5, 0.6) is 0 Å². The van der Waals surface area contributed by atoms with Gasteiger partial charge in [0.1, 0.15) is 11.1 Å². The summed E-state index contributed by atoms with van der Waals surface area (Å²) in [5.74, 6) is 0.000786. The van der Waals surface area contributed by atoms with Crippen molar-refractivity contribution < 1.29 is 14.0 Å². The van der Waals surface area contributed by atoms with Crippen molar-refractivity contribution in [1.29, 1.82) is 0 Å². The summed E-state index contributed by atoms with van der Waals surface area (Å²) in [6.07, 6.45) is 0.560. The number of nitrogens with one attached hydrogen (secondary N) is 1. The standard InChI is InChI=1S/C20H24N2O4/c1-11(2)9-20(5)18(24)22(19(25)21-20)10-14-8-16(23)26-17-13(4)12(3)6-7-15(14)17/h6-8,11H,9-10H2,1-5H3,(H,21,25)/t20-/m0/s1. The fourth-order valence-corrected chi connectivity index (χ4v) is 3.67. The second-order valence-corrected chi connectivity index (χ2v) is 7.73. The van der Waals surface area contributed by atoms with Crippen molar-refractivity contribution in [3.63, 3.8) is 0 Å². The first-order valence-corrected chi connectivity index (χ1v) is 8.79. The van der Waals surface area contributed by atoms with E-state index in [2.05, 4.69) is 5.32 Å². The van der Waals surface area contributed by atoms with Crippen molar-refractivity contribution in [3.05, 3.63) is 45.3 Å². The Balaban J connectivity index is 2.02. The first kappa shape index (κ1) is 18.2. The molecule has 1 saturated heterocycles. The predicted molar refractivity (Wildman–Crippen MR) is 98.9 cm³/mol. The minimum Gasteiger partial charge on any atom is -0.422 e. The summed E-state index contributed by atoms with van der Waals surface area (Å²) in [6, 6.07) is 4.73. The van der Waals surface area contributed by atoms with Crippen LogP contribution in [-0.4, -0.2) is 22.4 Å². The fraction of sp³-hybridized carbons (Fsp3) is 0.450. The lowest BCUT2D eigenvalue weighted by Crippen LogP contribution is -2.44. The van der Waals surface area contributed by atoms with Crippen molar-refractivity contribution in [2.45, 2.75) is 53.1 Å². The van der Waals surface area contributed by atoms with E-state index in [9.17, 15) is 14.4 Å². The summed E-state index contributed by atoms with van der Waals surface area (Å²) < 4.78 is 5.37. The molecule has 0 unspecified atom stereocenters. The van der Waals surface area contributed by atoms with Gasteiger partial charge in [-0.3, -0.25) is 9.69 Å². The van der Waals surface area contributed by atoms with E-state index >= 15 is 0 Å². The SMILES string of the molecule is Cc1ccc2c(CN3C(=O)N[C@@](C)(CC(C)C)C3=O)cc(=O)oc2c1C. The zero-order chi connectivity index (χ0) is 19.2. The van der Waals surface area contributed by atoms with Crippen molar-refractivity contribution in [1.82, 2.24) is 10.2 Å². The van der Waals surface area contributed by atoms with Gasteiger partial charge in [0.05, 0.1) is 6.54 Å². The number of benzene rings is 1. The van der Waals surface area contributed by atoms with E-state index in [1.807, 2.05) is 39.8 Å². The van der Waals surface area contributed by atoms with Crippen LogP contribution in [0.15, 0.2) is 27.4 Å². The number of rotatable bonds is 4. The van der Waals surface area contributed by atoms with Crippen LogP contribution in [0.4, 0.5) is 4.79 Å². The molecule has 26 heavy (non-hydrogen) atoms. The number of hydrogen-bond acceptors (Lipinski definition) is 4. The Labute approximate surface area is 152 Å². The molecule has 1 atom stereocenters. The third-order valence-corrected chi connectivity index (χ3v) is 5.01. The van der Waals surface area contributed by atoms with Crippen LogP contribution in [0.3, 0.4) is 0 Å². The molecule has 0 saturated carbocycles. The van der Waals surface area contributed by atoms with Crippen molar-refractivity contribution in [3.8, 4) is 0 Å². The van der Waals surface area contributed by atoms with E-state index in [4.69, 9.17) is 4.42 Å². The molecule has 2 heterocycles. The molecule has 0 spiro atoms. The van der Waals surface area contributed by atoms with Gasteiger partial charge in [-0.05, 0) is 49.8 Å². The Morgan fingerprint density at radius 1 is 1.19 bits per heavy atom. The number of carbonyl (C=O) groups is 2. The van der Waals surface area contributed by atoms with Crippen LogP contribution in [0, 0.1) is 19.8 Å². The molecule has 1 aliphatic rings. The van der Waals surface area contributed by atoms with E-state index in [0.717, 1.165) is 16.5 Å². The summed E-state index contributed by atoms with van der Waals surface area (Å²) in [4.78, 5) is 38.5. The summed E-state index contributed by atoms with van der Waals surface area (Å²) in [5, 5.41) is 3.54. The molecule has 0 bridgehead atoms. The summed E-state index contributed by atoms with van der Waals surface area (Å²) in [5.41, 5.74) is 1.60. The molecule has 0 aliphatic carbocycles. The topological polar surface area (TPSA) is 79.6 Å². The quantitative estimate of drug-likeness (QED) is 0.673. The van der Waals surface area contributed by atoms with E-state index in [1.165, 1.54) is 11.0 Å². The fourth-order valence-electron chi connectivity index (χ4n) is 3.67. The van der Waals surface area contributed by atoms with Gasteiger partial charge < -0.3 is 9.73 Å². The van der Waals surface area contributed by atoms with Crippen molar-refractivity contribution in [2.24, 2.45) is 5.92 Å². The highest BCUT2D eigenvalue weighted by Gasteiger charge is 2.47. The highest BCUT2D eigenvalue weighted by atomic mass is 16.4. The average Bonchev–Trinajstić information content (AvgIpc) is 2.73. The number of carbonyl (C=O) groups excluding carboxylic acids is 2. The number of nitrogens with zero attached hydrogens (tertiary/aromatic N) is 1. The molecule has 1 aromatic heterocycles. The van der Waals surface area contributed by atoms with Crippen molar-refractivity contribution in [2.75, 3.05) is 0 Å². The lowest BCUT2D eigenvalue weighted by Gasteiger charge is -2.23. The van der Waals surface area contributed by atoms with Gasteiger partial charge in [-0.1, -0.05) is 26.0 Å². The van der Waals surface area contributed by atoms with Gasteiger partial charge in [0.15, 0.2) is 0 Å². The van der Waals surface area contributed by atoms with Crippen LogP contribution in [0.2, 0.25) is 0 Å². The molecule has 1 N–H and O–H groups in total. The number of aryl methyl sites for hydroxylation is 2. The van der Waals surface area contributed by atoms with Crippen LogP contribution in [0.1, 0.15) is 43.9 Å². The zero-order valence-electron chi connectivity index (χ0n) is 15.8. The molecule has 0 radical (unpaired) electrons. The highest BCUT2D eigenvalue weighted by Crippen LogP contribution is 2.29. The number of amides is 3. The largest absolute Gasteiger partial charge is 0.422 e. The molecule has 3 rings (SSSR count). The van der Waals surface area contributed by atoms with Crippen LogP contribution < -0.4 is 10.9 Å². The molecule has 6 heteroatoms. The maximum atomic E-state index is 12.9. The minimum absolute atomic E-state index is 0.0446. The van der Waals surface area contributed by atoms with E-state index in [-0.39, 0.29) is 18.4 Å². The monoisotopic (exact) mass is 356 g/mol. The number of urea groups is 1. The predicted octanol–water partition coefficient (Wildman–Crippen LogP) is 3.27. The molecule has 1 fully saturated rings. The van der Waals surface area contributed by atoms with Crippen LogP contribution in [-0.2, 0) is 11.3 Å². The molecule has 6 nitrogen and oxygen atoms in total. The molecule has 1 aromatic carbocycles. The normalized spacial score (nSPS) is 20.3. The van der Waals surface area contributed by atoms with Gasteiger partial charge in [0, 0.05) is 11.5 Å². The van der Waals surface area contributed by atoms with Crippen molar-refractivity contribution >= 4 is 22.9 Å². The Hall–Kier alpha value is -2.63. The van der Waals surface area contributed by atoms with Gasteiger partial charge in [-0.2, -0.15) is 0 Å². The smallest absolute Gasteiger partial charge is 0.336 e. The molecule has 3 amide bonds. The summed E-state index contributed by atoms with van der Waals surface area (Å²) >= 11 is 0. The first-order valence-electron chi connectivity index (χ1n) is 8.79. The highest BCUT2D eigenvalue weighted by molar-refractivity contribution is 6.07. The minimum atomic E-state index is -0.910. The van der Waals surface area contributed by atoms with Crippen LogP contribution in [0.25, 0.3) is 11.0 Å². The van der Waals surface area contributed by atoms with Gasteiger partial charge >= 0.3 is 11.7 Å². The Kier molecular flexibility index (Phi) is 4.38. The van der Waals surface area contributed by atoms with E-state index in [0.29, 0.717) is 17.6 Å². The lowest BCUT2D eigenvalue weighted by molar-refractivity contribution is -0.131. The van der Waals surface area contributed by atoms with Gasteiger partial charge in [0.2, 0.25) is 0 Å². The van der Waals surface area contributed by atoms with Gasteiger partial charge in [-0.15, -0.1) is 0 Å². The number of fused-ring (bicyclic) bond motifs is 1. The maximum Gasteiger partial charge on any atom is 0.336 e. The Bertz CT molecular complexity index is 960.